The summed E-state index contributed by atoms with van der Waals surface area (Å²) in [6.07, 6.45) is 1.31. The van der Waals surface area contributed by atoms with Crippen molar-refractivity contribution in [3.63, 3.8) is 0 Å². The molecular weight excluding hydrogens is 394 g/mol. The number of pyridine rings is 1. The van der Waals surface area contributed by atoms with Crippen LogP contribution in [-0.2, 0) is 9.59 Å². The number of aromatic nitrogens is 1. The topological polar surface area (TPSA) is 98.8 Å². The summed E-state index contributed by atoms with van der Waals surface area (Å²) in [5.41, 5.74) is 3.07. The average Bonchev–Trinajstić information content (AvgIpc) is 3.35. The molecule has 0 saturated carbocycles. The highest BCUT2D eigenvalue weighted by Crippen LogP contribution is 2.37. The Bertz CT molecular complexity index is 1120. The van der Waals surface area contributed by atoms with Crippen molar-refractivity contribution >= 4 is 40.1 Å². The Kier molecular flexibility index (Phi) is 5.07. The van der Waals surface area contributed by atoms with Crippen LogP contribution in [0.5, 0.6) is 0 Å². The van der Waals surface area contributed by atoms with Gasteiger partial charge in [0.1, 0.15) is 16.6 Å². The van der Waals surface area contributed by atoms with E-state index in [0.29, 0.717) is 23.5 Å². The number of rotatable bonds is 5. The summed E-state index contributed by atoms with van der Waals surface area (Å²) in [7, 11) is 0. The Morgan fingerprint density at radius 1 is 1.28 bits per heavy atom. The fourth-order valence-corrected chi connectivity index (χ4v) is 3.69. The van der Waals surface area contributed by atoms with Crippen LogP contribution >= 0.6 is 11.6 Å². The van der Waals surface area contributed by atoms with Gasteiger partial charge in [-0.25, -0.2) is 9.99 Å². The van der Waals surface area contributed by atoms with Crippen LogP contribution in [0.4, 0.5) is 0 Å². The highest BCUT2D eigenvalue weighted by molar-refractivity contribution is 6.30. The molecule has 3 aromatic rings. The first-order valence-corrected chi connectivity index (χ1v) is 9.50. The second kappa shape index (κ2) is 7.67. The molecule has 1 aliphatic heterocycles. The Balaban J connectivity index is 1.74. The van der Waals surface area contributed by atoms with Crippen LogP contribution in [0.3, 0.4) is 0 Å². The standard InChI is InChI=1S/C21H18ClN3O4/c1-12-4-5-15-13(9-12)10-14(21(22)23-15)17-11-16(18-3-2-8-29-18)24-25(17)19(26)6-7-20(27)28/h2-5,8-10,17H,6-7,11H2,1H3,(H,27,28)/p-1/t17-/m1/s1. The van der Waals surface area contributed by atoms with Crippen molar-refractivity contribution in [1.82, 2.24) is 9.99 Å². The molecule has 1 aliphatic rings. The molecule has 1 aromatic carbocycles. The lowest BCUT2D eigenvalue weighted by atomic mass is 10.00. The molecule has 0 unspecified atom stereocenters. The van der Waals surface area contributed by atoms with Crippen LogP contribution in [0.25, 0.3) is 10.9 Å². The number of benzene rings is 1. The maximum atomic E-state index is 12.7. The van der Waals surface area contributed by atoms with E-state index in [9.17, 15) is 14.7 Å². The van der Waals surface area contributed by atoms with E-state index in [1.807, 2.05) is 31.2 Å². The van der Waals surface area contributed by atoms with Gasteiger partial charge in [0.2, 0.25) is 5.91 Å². The molecule has 0 saturated heterocycles. The summed E-state index contributed by atoms with van der Waals surface area (Å²) < 4.78 is 5.42. The molecule has 3 heterocycles. The van der Waals surface area contributed by atoms with Gasteiger partial charge in [-0.05, 0) is 43.7 Å². The number of fused-ring (bicyclic) bond motifs is 1. The van der Waals surface area contributed by atoms with Crippen molar-refractivity contribution in [1.29, 1.82) is 0 Å². The van der Waals surface area contributed by atoms with Gasteiger partial charge in [-0.1, -0.05) is 23.2 Å². The number of hydrazone groups is 1. The lowest BCUT2D eigenvalue weighted by Crippen LogP contribution is -2.30. The fourth-order valence-electron chi connectivity index (χ4n) is 3.42. The highest BCUT2D eigenvalue weighted by Gasteiger charge is 2.35. The van der Waals surface area contributed by atoms with Gasteiger partial charge in [0.15, 0.2) is 0 Å². The molecule has 0 N–H and O–H groups in total. The minimum absolute atomic E-state index is 0.217. The Hall–Kier alpha value is -3.19. The van der Waals surface area contributed by atoms with Gasteiger partial charge in [-0.2, -0.15) is 5.10 Å². The van der Waals surface area contributed by atoms with Gasteiger partial charge < -0.3 is 14.3 Å². The van der Waals surface area contributed by atoms with E-state index >= 15 is 0 Å². The predicted molar refractivity (Wildman–Crippen MR) is 105 cm³/mol. The third-order valence-corrected chi connectivity index (χ3v) is 5.13. The number of halogens is 1. The first-order chi connectivity index (χ1) is 13.9. The van der Waals surface area contributed by atoms with Gasteiger partial charge in [0, 0.05) is 29.8 Å². The summed E-state index contributed by atoms with van der Waals surface area (Å²) in [5, 5.41) is 17.7. The van der Waals surface area contributed by atoms with Crippen molar-refractivity contribution in [3.05, 3.63) is 64.7 Å². The van der Waals surface area contributed by atoms with Crippen LogP contribution in [0, 0.1) is 6.92 Å². The van der Waals surface area contributed by atoms with Gasteiger partial charge in [0.05, 0.1) is 17.8 Å². The van der Waals surface area contributed by atoms with Gasteiger partial charge in [-0.15, -0.1) is 0 Å². The molecular formula is C21H17ClN3O4-. The number of carbonyl (C=O) groups excluding carboxylic acids is 2. The molecule has 0 spiro atoms. The Labute approximate surface area is 171 Å². The molecule has 8 heteroatoms. The minimum Gasteiger partial charge on any atom is -0.550 e. The lowest BCUT2D eigenvalue weighted by Gasteiger charge is -2.23. The maximum Gasteiger partial charge on any atom is 0.243 e. The molecule has 2 aromatic heterocycles. The molecule has 29 heavy (non-hydrogen) atoms. The average molecular weight is 411 g/mol. The van der Waals surface area contributed by atoms with E-state index in [4.69, 9.17) is 16.0 Å². The quantitative estimate of drug-likeness (QED) is 0.602. The molecule has 0 aliphatic carbocycles. The van der Waals surface area contributed by atoms with E-state index in [1.165, 1.54) is 11.3 Å². The molecule has 7 nitrogen and oxygen atoms in total. The number of furan rings is 1. The third-order valence-electron chi connectivity index (χ3n) is 4.82. The van der Waals surface area contributed by atoms with Crippen molar-refractivity contribution in [2.75, 3.05) is 0 Å². The zero-order valence-corrected chi connectivity index (χ0v) is 16.3. The first-order valence-electron chi connectivity index (χ1n) is 9.12. The maximum absolute atomic E-state index is 12.7. The number of hydrogen-bond acceptors (Lipinski definition) is 6. The molecule has 148 valence electrons. The predicted octanol–water partition coefficient (Wildman–Crippen LogP) is 3.00. The molecule has 4 rings (SSSR count). The summed E-state index contributed by atoms with van der Waals surface area (Å²) in [6.45, 7) is 1.98. The molecule has 1 atom stereocenters. The van der Waals surface area contributed by atoms with E-state index in [1.54, 1.807) is 12.1 Å². The van der Waals surface area contributed by atoms with E-state index in [2.05, 4.69) is 10.1 Å². The first kappa shape index (κ1) is 19.1. The summed E-state index contributed by atoms with van der Waals surface area (Å²) in [4.78, 5) is 28.0. The number of carboxylic acid groups (broad SMARTS) is 1. The van der Waals surface area contributed by atoms with Crippen LogP contribution < -0.4 is 5.11 Å². The summed E-state index contributed by atoms with van der Waals surface area (Å²) in [6, 6.07) is 10.7. The van der Waals surface area contributed by atoms with Crippen LogP contribution in [0.1, 0.15) is 42.2 Å². The van der Waals surface area contributed by atoms with E-state index in [0.717, 1.165) is 16.5 Å². The largest absolute Gasteiger partial charge is 0.550 e. The molecule has 1 amide bonds. The normalized spacial score (nSPS) is 16.3. The van der Waals surface area contributed by atoms with Crippen LogP contribution in [0.2, 0.25) is 5.15 Å². The van der Waals surface area contributed by atoms with Gasteiger partial charge in [-0.3, -0.25) is 4.79 Å². The van der Waals surface area contributed by atoms with E-state index < -0.39 is 17.9 Å². The van der Waals surface area contributed by atoms with E-state index in [-0.39, 0.29) is 18.0 Å². The number of nitrogens with zero attached hydrogens (tertiary/aromatic N) is 3. The van der Waals surface area contributed by atoms with Crippen LogP contribution in [0.15, 0.2) is 52.2 Å². The number of aliphatic carboxylic acids is 1. The number of aryl methyl sites for hydroxylation is 1. The van der Waals surface area contributed by atoms with Gasteiger partial charge in [0.25, 0.3) is 0 Å². The zero-order valence-electron chi connectivity index (χ0n) is 15.6. The van der Waals surface area contributed by atoms with Crippen LogP contribution in [-0.4, -0.2) is 27.6 Å². The Morgan fingerprint density at radius 2 is 2.10 bits per heavy atom. The summed E-state index contributed by atoms with van der Waals surface area (Å²) >= 11 is 6.47. The zero-order chi connectivity index (χ0) is 20.5. The lowest BCUT2D eigenvalue weighted by molar-refractivity contribution is -0.305. The molecule has 0 radical (unpaired) electrons. The minimum atomic E-state index is -1.29. The fraction of sp³-hybridized carbons (Fsp3) is 0.238. The van der Waals surface area contributed by atoms with Crippen molar-refractivity contribution in [2.24, 2.45) is 5.10 Å². The van der Waals surface area contributed by atoms with Crippen molar-refractivity contribution < 1.29 is 19.1 Å². The highest BCUT2D eigenvalue weighted by atomic mass is 35.5. The third kappa shape index (κ3) is 3.86. The number of amides is 1. The molecule has 0 fully saturated rings. The second-order valence-electron chi connectivity index (χ2n) is 6.92. The summed E-state index contributed by atoms with van der Waals surface area (Å²) in [5.74, 6) is -1.17. The monoisotopic (exact) mass is 410 g/mol. The Morgan fingerprint density at radius 3 is 2.83 bits per heavy atom. The second-order valence-corrected chi connectivity index (χ2v) is 7.28. The number of carbonyl (C=O) groups is 2. The molecule has 0 bridgehead atoms. The van der Waals surface area contributed by atoms with Crippen molar-refractivity contribution in [3.8, 4) is 0 Å². The number of carboxylic acids is 1. The SMILES string of the molecule is Cc1ccc2nc(Cl)c([C@H]3CC(c4ccco4)=NN3C(=O)CCC(=O)[O-])cc2c1. The number of hydrogen-bond donors (Lipinski definition) is 0. The smallest absolute Gasteiger partial charge is 0.243 e. The van der Waals surface area contributed by atoms with Crippen molar-refractivity contribution in [2.45, 2.75) is 32.2 Å². The van der Waals surface area contributed by atoms with Gasteiger partial charge >= 0.3 is 0 Å².